The van der Waals surface area contributed by atoms with Gasteiger partial charge in [0.15, 0.2) is 66.5 Å². The first-order valence-corrected chi connectivity index (χ1v) is 79.4. The molecular weight excluding hydrogens is 1690 g/mol. The number of hydrogen-bond donors (Lipinski definition) is 0. The molecular formula is C79H166O25Si12. The molecule has 680 valence electrons. The summed E-state index contributed by atoms with van der Waals surface area (Å²) in [7, 11) is -26.7. The van der Waals surface area contributed by atoms with Crippen LogP contribution in [0.5, 0.6) is 0 Å². The summed E-state index contributed by atoms with van der Waals surface area (Å²) < 4.78 is 111. The molecule has 37 heteroatoms. The number of rotatable bonds is 65. The van der Waals surface area contributed by atoms with Crippen molar-refractivity contribution in [2.45, 2.75) is 331 Å². The summed E-state index contributed by atoms with van der Waals surface area (Å²) in [5.74, 6) is -3.12. The van der Waals surface area contributed by atoms with Gasteiger partial charge in [-0.15, -0.1) is 6.58 Å². The average Bonchev–Trinajstić information content (AvgIpc) is 0.824. The van der Waals surface area contributed by atoms with Crippen molar-refractivity contribution < 1.29 is 114 Å². The molecule has 0 bridgehead atoms. The SMILES string of the molecule is C=C(C)C(=O)OCCCC(=O)OCC(CCC[Si](C)(O[Si](C)(C)C)O[Si](C)(C)C)(CC[Si](C)(O[Si](C)(C)C)O[Si](C)(C)C)COC(=O)CCCOC(=O)C(C)C.C=CC(=O)OCCOCCCC(=O)OCC(CCC[Si](C)(O[Si](C)(C)C)O[Si](C)(C)C)(CC[Si](C)(O[Si](C)(C)C)O[Si](C)(C)C)COC(=O)CCCOCCO[C@H](C)C=C. The van der Waals surface area contributed by atoms with Crippen LogP contribution in [0, 0.1) is 16.7 Å². The molecule has 0 saturated carbocycles. The third-order valence-corrected chi connectivity index (χ3v) is 54.7. The number of hydrogen-bond acceptors (Lipinski definition) is 25. The topological polar surface area (TPSA) is 286 Å². The molecule has 0 aliphatic heterocycles. The molecule has 0 aliphatic rings. The summed E-state index contributed by atoms with van der Waals surface area (Å²) in [4.78, 5) is 88.2. The van der Waals surface area contributed by atoms with Gasteiger partial charge in [-0.3, -0.25) is 24.0 Å². The van der Waals surface area contributed by atoms with E-state index >= 15 is 0 Å². The first-order chi connectivity index (χ1) is 52.6. The molecule has 0 aromatic heterocycles. The second-order valence-electron chi connectivity index (χ2n) is 39.7. The second kappa shape index (κ2) is 53.8. The highest BCUT2D eigenvalue weighted by Gasteiger charge is 2.49. The molecule has 0 spiro atoms. The summed E-state index contributed by atoms with van der Waals surface area (Å²) in [5.41, 5.74) is -1.20. The van der Waals surface area contributed by atoms with Crippen LogP contribution in [0.2, 0.25) is 207 Å². The third kappa shape index (κ3) is 64.5. The van der Waals surface area contributed by atoms with Crippen molar-refractivity contribution in [2.75, 3.05) is 79.3 Å². The molecule has 0 fully saturated rings. The molecule has 0 aromatic rings. The van der Waals surface area contributed by atoms with Crippen LogP contribution in [0.1, 0.15) is 118 Å². The van der Waals surface area contributed by atoms with E-state index in [1.54, 1.807) is 26.8 Å². The monoisotopic (exact) mass is 1850 g/mol. The highest BCUT2D eigenvalue weighted by Crippen LogP contribution is 2.41. The first kappa shape index (κ1) is 116. The minimum atomic E-state index is -2.77. The van der Waals surface area contributed by atoms with Crippen LogP contribution in [-0.4, -0.2) is 228 Å². The predicted molar refractivity (Wildman–Crippen MR) is 494 cm³/mol. The van der Waals surface area contributed by atoms with E-state index in [1.807, 2.05) is 6.92 Å². The average molecular weight is 1850 g/mol. The lowest BCUT2D eigenvalue weighted by Gasteiger charge is -2.42. The Morgan fingerprint density at radius 3 is 0.871 bits per heavy atom. The molecule has 25 nitrogen and oxygen atoms in total. The molecule has 116 heavy (non-hydrogen) atoms. The van der Waals surface area contributed by atoms with Gasteiger partial charge in [0.25, 0.3) is 0 Å². The van der Waals surface area contributed by atoms with Gasteiger partial charge in [-0.05, 0) is 273 Å². The summed E-state index contributed by atoms with van der Waals surface area (Å²) in [5, 5.41) is 0. The van der Waals surface area contributed by atoms with E-state index in [2.05, 4.69) is 203 Å². The molecule has 0 radical (unpaired) electrons. The lowest BCUT2D eigenvalue weighted by Crippen LogP contribution is -2.53. The molecule has 3 atom stereocenters. The van der Waals surface area contributed by atoms with Crippen LogP contribution in [0.15, 0.2) is 37.5 Å². The molecule has 2 unspecified atom stereocenters. The highest BCUT2D eigenvalue weighted by molar-refractivity contribution is 6.90. The lowest BCUT2D eigenvalue weighted by molar-refractivity contribution is -0.157. The molecule has 0 N–H and O–H groups in total. The maximum absolute atomic E-state index is 13.4. The van der Waals surface area contributed by atoms with Gasteiger partial charge in [0.1, 0.15) is 33.0 Å². The second-order valence-corrected chi connectivity index (χ2v) is 91.1. The quantitative estimate of drug-likeness (QED) is 0.0136. The maximum Gasteiger partial charge on any atom is 0.333 e. The first-order valence-electron chi connectivity index (χ1n) is 42.0. The number of ether oxygens (including phenoxy) is 10. The lowest BCUT2D eigenvalue weighted by atomic mass is 9.82. The van der Waals surface area contributed by atoms with E-state index in [9.17, 15) is 33.6 Å². The molecule has 0 aliphatic carbocycles. The third-order valence-electron chi connectivity index (χ3n) is 16.5. The standard InChI is InChI=1S/C41H86O13Si6.C38H80O12Si6/c1-18-37(3)47-31-29-45-27-20-23-39(43)49-35-41(26-34-60(17,53-57(10,11)12)54-58(13,14)15,25-22-33-59(16,51-55(4,5)6)52-56(7,8)9)36-50-40(44)24-21-28-46-30-32-48-38(42)19-2;1-32(2)36(41)43-26-19-22-34(39)45-30-38(31-46-35(40)23-20-27-44-37(42)33(3)4,25-29-56(18,49-53(11,12)13)50-54(14,15)16)24-21-28-55(17,47-51(5,6)7)48-52(8,9)10/h18-19,37H,1-2,20-36H2,3-17H3;33H,1,19-31H2,2-18H3/t37-,41?;/m1./s1. The Kier molecular flexibility index (Phi) is 53.6. The van der Waals surface area contributed by atoms with E-state index in [0.717, 1.165) is 24.6 Å². The Balaban J connectivity index is 0. The number of esters is 7. The molecule has 0 amide bonds. The smallest absolute Gasteiger partial charge is 0.333 e. The fourth-order valence-corrected chi connectivity index (χ4v) is 63.4. The van der Waals surface area contributed by atoms with Crippen molar-refractivity contribution in [2.24, 2.45) is 16.7 Å². The van der Waals surface area contributed by atoms with Crippen molar-refractivity contribution in [3.63, 3.8) is 0 Å². The Bertz CT molecular complexity index is 2860. The predicted octanol–water partition coefficient (Wildman–Crippen LogP) is 19.4. The van der Waals surface area contributed by atoms with Crippen molar-refractivity contribution in [3.8, 4) is 0 Å². The Morgan fingerprint density at radius 2 is 0.603 bits per heavy atom. The van der Waals surface area contributed by atoms with E-state index in [1.165, 1.54) is 0 Å². The minimum Gasteiger partial charge on any atom is -0.465 e. The largest absolute Gasteiger partial charge is 0.465 e. The van der Waals surface area contributed by atoms with E-state index in [-0.39, 0.29) is 108 Å². The fourth-order valence-electron chi connectivity index (χ4n) is 12.9. The van der Waals surface area contributed by atoms with Crippen LogP contribution in [0.25, 0.3) is 0 Å². The minimum absolute atomic E-state index is 0.0169. The van der Waals surface area contributed by atoms with E-state index < -0.39 is 135 Å². The maximum atomic E-state index is 13.4. The van der Waals surface area contributed by atoms with Crippen molar-refractivity contribution in [1.82, 2.24) is 0 Å². The summed E-state index contributed by atoms with van der Waals surface area (Å²) in [6, 6.07) is 2.74. The molecule has 0 heterocycles. The van der Waals surface area contributed by atoms with Crippen LogP contribution in [0.4, 0.5) is 0 Å². The van der Waals surface area contributed by atoms with Gasteiger partial charge in [0.05, 0.1) is 45.1 Å². The van der Waals surface area contributed by atoms with Crippen LogP contribution < -0.4 is 0 Å². The molecule has 0 saturated heterocycles. The van der Waals surface area contributed by atoms with Gasteiger partial charge in [-0.1, -0.05) is 45.9 Å². The van der Waals surface area contributed by atoms with Gasteiger partial charge >= 0.3 is 76.0 Å². The van der Waals surface area contributed by atoms with Crippen molar-refractivity contribution in [3.05, 3.63) is 37.5 Å². The Hall–Kier alpha value is -2.33. The molecule has 0 aromatic carbocycles. The summed E-state index contributed by atoms with van der Waals surface area (Å²) in [6.07, 6.45) is 8.55. The van der Waals surface area contributed by atoms with Crippen molar-refractivity contribution >= 4 is 143 Å². The van der Waals surface area contributed by atoms with E-state index in [0.29, 0.717) is 102 Å². The van der Waals surface area contributed by atoms with Crippen LogP contribution in [0.3, 0.4) is 0 Å². The van der Waals surface area contributed by atoms with Gasteiger partial charge in [-0.2, -0.15) is 0 Å². The van der Waals surface area contributed by atoms with E-state index in [4.69, 9.17) is 80.3 Å². The zero-order valence-electron chi connectivity index (χ0n) is 78.9. The zero-order chi connectivity index (χ0) is 90.1. The van der Waals surface area contributed by atoms with Gasteiger partial charge in [0.2, 0.25) is 0 Å². The number of carbonyl (C=O) groups is 7. The Morgan fingerprint density at radius 1 is 0.328 bits per heavy atom. The normalized spacial score (nSPS) is 14.4. The summed E-state index contributed by atoms with van der Waals surface area (Å²) >= 11 is 0. The fraction of sp³-hybridized carbons (Fsp3) is 0.835. The summed E-state index contributed by atoms with van der Waals surface area (Å²) in [6.45, 7) is 80.9. The molecule has 0 rings (SSSR count). The van der Waals surface area contributed by atoms with Crippen molar-refractivity contribution in [1.29, 1.82) is 0 Å². The van der Waals surface area contributed by atoms with Gasteiger partial charge < -0.3 is 80.3 Å². The van der Waals surface area contributed by atoms with Gasteiger partial charge in [0, 0.05) is 61.4 Å². The van der Waals surface area contributed by atoms with Crippen LogP contribution >= 0.6 is 0 Å². The van der Waals surface area contributed by atoms with Gasteiger partial charge in [-0.25, -0.2) is 9.59 Å². The highest BCUT2D eigenvalue weighted by atomic mass is 28.5. The zero-order valence-corrected chi connectivity index (χ0v) is 90.9. The van der Waals surface area contributed by atoms with Crippen LogP contribution in [-0.2, 0) is 114 Å². The Labute approximate surface area is 716 Å². The number of carbonyl (C=O) groups excluding carboxylic acids is 7.